The minimum Gasteiger partial charge on any atom is -0.493 e. The largest absolute Gasteiger partial charge is 0.493 e. The summed E-state index contributed by atoms with van der Waals surface area (Å²) in [5, 5.41) is 16.8. The first-order valence-electron chi connectivity index (χ1n) is 8.72. The van der Waals surface area contributed by atoms with Gasteiger partial charge in [-0.3, -0.25) is 4.99 Å². The van der Waals surface area contributed by atoms with E-state index in [-0.39, 0.29) is 36.1 Å². The molecule has 0 amide bonds. The zero-order chi connectivity index (χ0) is 16.1. The fraction of sp³-hybridized carbons (Fsp3) is 0.611. The Kier molecular flexibility index (Phi) is 7.61. The Morgan fingerprint density at radius 3 is 2.88 bits per heavy atom. The van der Waals surface area contributed by atoms with Crippen LogP contribution in [0.4, 0.5) is 0 Å². The number of hydrogen-bond donors (Lipinski definition) is 3. The lowest BCUT2D eigenvalue weighted by molar-refractivity contribution is 0.136. The molecule has 1 heterocycles. The summed E-state index contributed by atoms with van der Waals surface area (Å²) in [6.07, 6.45) is 3.83. The maximum Gasteiger partial charge on any atom is 0.191 e. The number of hydrogen-bond acceptors (Lipinski definition) is 3. The van der Waals surface area contributed by atoms with Gasteiger partial charge in [-0.25, -0.2) is 0 Å². The summed E-state index contributed by atoms with van der Waals surface area (Å²) in [6.45, 7) is 4.29. The van der Waals surface area contributed by atoms with E-state index in [1.807, 2.05) is 18.2 Å². The Hall–Kier alpha value is -1.02. The van der Waals surface area contributed by atoms with Crippen LogP contribution in [0.15, 0.2) is 29.3 Å². The number of aliphatic hydroxyl groups excluding tert-OH is 1. The van der Waals surface area contributed by atoms with E-state index < -0.39 is 0 Å². The lowest BCUT2D eigenvalue weighted by Gasteiger charge is -2.28. The summed E-state index contributed by atoms with van der Waals surface area (Å²) in [4.78, 5) is 4.71. The standard InChI is InChI=1S/C18H27N3O2.HI/c1-2-19-18(20-12-13-6-5-8-16(13)22)21-15-10-11-23-17-9-4-3-7-14(15)17;/h3-4,7,9,13,15-16,22H,2,5-6,8,10-12H2,1H3,(H2,19,20,21);1H. The van der Waals surface area contributed by atoms with Crippen molar-refractivity contribution in [1.29, 1.82) is 0 Å². The predicted octanol–water partition coefficient (Wildman–Crippen LogP) is 2.84. The Morgan fingerprint density at radius 1 is 1.29 bits per heavy atom. The summed E-state index contributed by atoms with van der Waals surface area (Å²) in [5.74, 6) is 2.08. The number of ether oxygens (including phenoxy) is 1. The molecule has 134 valence electrons. The number of para-hydroxylation sites is 1. The van der Waals surface area contributed by atoms with Crippen molar-refractivity contribution in [3.8, 4) is 5.75 Å². The van der Waals surface area contributed by atoms with Gasteiger partial charge >= 0.3 is 0 Å². The van der Waals surface area contributed by atoms with E-state index >= 15 is 0 Å². The molecule has 1 aromatic rings. The molecule has 0 spiro atoms. The van der Waals surface area contributed by atoms with E-state index in [0.717, 1.165) is 50.5 Å². The van der Waals surface area contributed by atoms with Crippen LogP contribution >= 0.6 is 24.0 Å². The molecule has 1 aliphatic heterocycles. The average Bonchev–Trinajstić information content (AvgIpc) is 2.98. The molecule has 1 aromatic carbocycles. The maximum atomic E-state index is 9.96. The summed E-state index contributed by atoms with van der Waals surface area (Å²) >= 11 is 0. The van der Waals surface area contributed by atoms with Crippen LogP contribution in [0.1, 0.15) is 44.2 Å². The molecule has 0 aromatic heterocycles. The number of fused-ring (bicyclic) bond motifs is 1. The van der Waals surface area contributed by atoms with Crippen LogP contribution in [-0.2, 0) is 0 Å². The van der Waals surface area contributed by atoms with Gasteiger partial charge in [-0.15, -0.1) is 24.0 Å². The Bertz CT molecular complexity index is 553. The van der Waals surface area contributed by atoms with Gasteiger partial charge < -0.3 is 20.5 Å². The molecule has 0 bridgehead atoms. The Labute approximate surface area is 161 Å². The fourth-order valence-electron chi connectivity index (χ4n) is 3.42. The monoisotopic (exact) mass is 445 g/mol. The summed E-state index contributed by atoms with van der Waals surface area (Å²) in [7, 11) is 0. The van der Waals surface area contributed by atoms with E-state index in [1.54, 1.807) is 0 Å². The van der Waals surface area contributed by atoms with Crippen molar-refractivity contribution in [1.82, 2.24) is 10.6 Å². The zero-order valence-corrected chi connectivity index (χ0v) is 16.5. The lowest BCUT2D eigenvalue weighted by Crippen LogP contribution is -2.41. The van der Waals surface area contributed by atoms with Crippen molar-refractivity contribution in [2.24, 2.45) is 10.9 Å². The van der Waals surface area contributed by atoms with Gasteiger partial charge in [0, 0.05) is 31.0 Å². The molecule has 24 heavy (non-hydrogen) atoms. The number of guanidine groups is 1. The second kappa shape index (κ2) is 9.46. The Morgan fingerprint density at radius 2 is 2.12 bits per heavy atom. The molecular formula is C18H28IN3O2. The first kappa shape index (κ1) is 19.3. The van der Waals surface area contributed by atoms with Crippen LogP contribution in [0.2, 0.25) is 0 Å². The third kappa shape index (κ3) is 4.75. The highest BCUT2D eigenvalue weighted by Crippen LogP contribution is 2.31. The van der Waals surface area contributed by atoms with E-state index in [1.165, 1.54) is 5.56 Å². The van der Waals surface area contributed by atoms with Crippen LogP contribution in [0, 0.1) is 5.92 Å². The SMILES string of the molecule is CCNC(=NCC1CCCC1O)NC1CCOc2ccccc21.I. The minimum absolute atomic E-state index is 0. The van der Waals surface area contributed by atoms with Crippen LogP contribution in [0.25, 0.3) is 0 Å². The molecule has 1 fully saturated rings. The van der Waals surface area contributed by atoms with Gasteiger partial charge in [0.2, 0.25) is 0 Å². The molecular weight excluding hydrogens is 417 g/mol. The van der Waals surface area contributed by atoms with Crippen LogP contribution in [0.5, 0.6) is 5.75 Å². The van der Waals surface area contributed by atoms with Gasteiger partial charge in [-0.1, -0.05) is 24.6 Å². The first-order chi connectivity index (χ1) is 11.3. The third-order valence-corrected chi connectivity index (χ3v) is 4.72. The number of nitrogens with zero attached hydrogens (tertiary/aromatic N) is 1. The smallest absolute Gasteiger partial charge is 0.191 e. The molecule has 6 heteroatoms. The maximum absolute atomic E-state index is 9.96. The molecule has 1 saturated carbocycles. The summed E-state index contributed by atoms with van der Waals surface area (Å²) in [6, 6.07) is 8.38. The van der Waals surface area contributed by atoms with Crippen molar-refractivity contribution in [2.75, 3.05) is 19.7 Å². The summed E-state index contributed by atoms with van der Waals surface area (Å²) < 4.78 is 5.72. The Balaban J connectivity index is 0.00000208. The van der Waals surface area contributed by atoms with E-state index in [4.69, 9.17) is 9.73 Å². The van der Waals surface area contributed by atoms with Gasteiger partial charge in [0.15, 0.2) is 5.96 Å². The number of aliphatic hydroxyl groups is 1. The van der Waals surface area contributed by atoms with E-state index in [9.17, 15) is 5.11 Å². The van der Waals surface area contributed by atoms with Gasteiger partial charge in [0.05, 0.1) is 18.8 Å². The molecule has 0 radical (unpaired) electrons. The topological polar surface area (TPSA) is 65.9 Å². The average molecular weight is 445 g/mol. The third-order valence-electron chi connectivity index (χ3n) is 4.72. The van der Waals surface area contributed by atoms with Crippen molar-refractivity contribution in [3.63, 3.8) is 0 Å². The van der Waals surface area contributed by atoms with Gasteiger partial charge in [-0.05, 0) is 25.8 Å². The predicted molar refractivity (Wildman–Crippen MR) is 107 cm³/mol. The second-order valence-corrected chi connectivity index (χ2v) is 6.35. The van der Waals surface area contributed by atoms with Gasteiger partial charge in [-0.2, -0.15) is 0 Å². The molecule has 0 saturated heterocycles. The first-order valence-corrected chi connectivity index (χ1v) is 8.72. The molecule has 1 aliphatic carbocycles. The number of rotatable bonds is 4. The highest BCUT2D eigenvalue weighted by atomic mass is 127. The number of benzene rings is 1. The van der Waals surface area contributed by atoms with Crippen LogP contribution in [-0.4, -0.2) is 36.9 Å². The zero-order valence-electron chi connectivity index (χ0n) is 14.2. The van der Waals surface area contributed by atoms with Crippen molar-refractivity contribution >= 4 is 29.9 Å². The second-order valence-electron chi connectivity index (χ2n) is 6.35. The van der Waals surface area contributed by atoms with Crippen molar-refractivity contribution in [2.45, 2.75) is 44.8 Å². The quantitative estimate of drug-likeness (QED) is 0.379. The number of nitrogens with one attached hydrogen (secondary N) is 2. The van der Waals surface area contributed by atoms with E-state index in [2.05, 4.69) is 23.6 Å². The highest BCUT2D eigenvalue weighted by Gasteiger charge is 2.25. The minimum atomic E-state index is -0.189. The lowest BCUT2D eigenvalue weighted by atomic mass is 10.0. The fourth-order valence-corrected chi connectivity index (χ4v) is 3.42. The van der Waals surface area contributed by atoms with E-state index in [0.29, 0.717) is 12.5 Å². The van der Waals surface area contributed by atoms with Gasteiger partial charge in [0.1, 0.15) is 5.75 Å². The number of aliphatic imine (C=N–C) groups is 1. The number of halogens is 1. The summed E-state index contributed by atoms with van der Waals surface area (Å²) in [5.41, 5.74) is 1.19. The van der Waals surface area contributed by atoms with Crippen LogP contribution in [0.3, 0.4) is 0 Å². The van der Waals surface area contributed by atoms with Crippen molar-refractivity contribution in [3.05, 3.63) is 29.8 Å². The highest BCUT2D eigenvalue weighted by molar-refractivity contribution is 14.0. The molecule has 2 aliphatic rings. The molecule has 5 nitrogen and oxygen atoms in total. The molecule has 3 rings (SSSR count). The molecule has 3 N–H and O–H groups in total. The normalized spacial score (nSPS) is 26.1. The van der Waals surface area contributed by atoms with Gasteiger partial charge in [0.25, 0.3) is 0 Å². The van der Waals surface area contributed by atoms with Crippen LogP contribution < -0.4 is 15.4 Å². The molecule has 3 unspecified atom stereocenters. The van der Waals surface area contributed by atoms with Crippen molar-refractivity contribution < 1.29 is 9.84 Å². The molecule has 3 atom stereocenters.